The van der Waals surface area contributed by atoms with Crippen molar-refractivity contribution in [2.45, 2.75) is 0 Å². The zero-order chi connectivity index (χ0) is 18.1. The van der Waals surface area contributed by atoms with Crippen molar-refractivity contribution in [2.75, 3.05) is 0 Å². The monoisotopic (exact) mass is 484 g/mol. The molecule has 0 unspecified atom stereocenters. The molecular formula is C22H15Br2OP. The zero-order valence-electron chi connectivity index (χ0n) is 13.8. The fourth-order valence-electron chi connectivity index (χ4n) is 3.21. The smallest absolute Gasteiger partial charge is 0.185 e. The number of rotatable bonds is 3. The Balaban J connectivity index is 2.05. The highest BCUT2D eigenvalue weighted by molar-refractivity contribution is 9.15. The average molecular weight is 486 g/mol. The second-order valence-corrected chi connectivity index (χ2v) is 11.4. The van der Waals surface area contributed by atoms with Crippen LogP contribution in [0, 0.1) is 0 Å². The van der Waals surface area contributed by atoms with E-state index >= 15 is 0 Å². The van der Waals surface area contributed by atoms with E-state index in [1.165, 1.54) is 0 Å². The molecule has 0 fully saturated rings. The van der Waals surface area contributed by atoms with Crippen molar-refractivity contribution in [3.63, 3.8) is 0 Å². The SMILES string of the molecule is O=P1(c2ccccc2)C(Br)=C(c2ccccc2)C(c2ccccc2)=C1Br. The molecule has 0 N–H and O–H groups in total. The van der Waals surface area contributed by atoms with Gasteiger partial charge in [-0.15, -0.1) is 0 Å². The van der Waals surface area contributed by atoms with Crippen LogP contribution in [0.15, 0.2) is 99.4 Å². The maximum absolute atomic E-state index is 14.2. The van der Waals surface area contributed by atoms with Gasteiger partial charge in [0.1, 0.15) is 0 Å². The van der Waals surface area contributed by atoms with E-state index < -0.39 is 7.14 Å². The lowest BCUT2D eigenvalue weighted by atomic mass is 9.95. The van der Waals surface area contributed by atoms with Crippen LogP contribution in [-0.4, -0.2) is 0 Å². The van der Waals surface area contributed by atoms with Gasteiger partial charge in [-0.3, -0.25) is 0 Å². The molecule has 0 radical (unpaired) electrons. The molecule has 4 rings (SSSR count). The Morgan fingerprint density at radius 1 is 0.538 bits per heavy atom. The highest BCUT2D eigenvalue weighted by Crippen LogP contribution is 2.74. The quantitative estimate of drug-likeness (QED) is 0.358. The largest absolute Gasteiger partial charge is 0.307 e. The Morgan fingerprint density at radius 2 is 0.885 bits per heavy atom. The molecule has 0 amide bonds. The molecule has 0 saturated carbocycles. The van der Waals surface area contributed by atoms with Gasteiger partial charge in [-0.1, -0.05) is 91.0 Å². The Morgan fingerprint density at radius 3 is 1.27 bits per heavy atom. The summed E-state index contributed by atoms with van der Waals surface area (Å²) in [5, 5.41) is 0.818. The van der Waals surface area contributed by atoms with Gasteiger partial charge in [0.05, 0.1) is 8.45 Å². The fraction of sp³-hybridized carbons (Fsp3) is 0. The third-order valence-corrected chi connectivity index (χ3v) is 10.8. The minimum Gasteiger partial charge on any atom is -0.307 e. The summed E-state index contributed by atoms with van der Waals surface area (Å²) < 4.78 is 15.7. The fourth-order valence-corrected chi connectivity index (χ4v) is 9.40. The molecule has 3 aromatic carbocycles. The molecule has 1 nitrogen and oxygen atoms in total. The standard InChI is InChI=1S/C22H15Br2OP/c23-21-19(16-10-4-1-5-11-16)20(17-12-6-2-7-13-17)22(24)26(21,25)18-14-8-3-9-15-18/h1-15H. The summed E-state index contributed by atoms with van der Waals surface area (Å²) in [6.45, 7) is 0. The van der Waals surface area contributed by atoms with Gasteiger partial charge in [-0.2, -0.15) is 0 Å². The first-order valence-electron chi connectivity index (χ1n) is 8.21. The van der Waals surface area contributed by atoms with Crippen LogP contribution < -0.4 is 5.30 Å². The normalized spacial score (nSPS) is 16.2. The van der Waals surface area contributed by atoms with Crippen LogP contribution in [0.1, 0.15) is 11.1 Å². The maximum Gasteiger partial charge on any atom is 0.185 e. The topological polar surface area (TPSA) is 17.1 Å². The van der Waals surface area contributed by atoms with Gasteiger partial charge >= 0.3 is 0 Å². The number of allylic oxidation sites excluding steroid dienone is 2. The van der Waals surface area contributed by atoms with Crippen molar-refractivity contribution in [3.8, 4) is 0 Å². The minimum atomic E-state index is -2.96. The Bertz CT molecular complexity index is 990. The van der Waals surface area contributed by atoms with E-state index in [0.29, 0.717) is 0 Å². The molecule has 1 aliphatic rings. The molecule has 1 aliphatic heterocycles. The van der Waals surface area contributed by atoms with Crippen molar-refractivity contribution >= 4 is 55.5 Å². The Hall–Kier alpha value is -1.67. The predicted octanol–water partition coefficient (Wildman–Crippen LogP) is 7.22. The van der Waals surface area contributed by atoms with E-state index in [2.05, 4.69) is 56.1 Å². The molecule has 4 heteroatoms. The summed E-state index contributed by atoms with van der Waals surface area (Å²) in [6.07, 6.45) is 0. The first-order chi connectivity index (χ1) is 12.6. The van der Waals surface area contributed by atoms with Crippen LogP contribution in [0.2, 0.25) is 0 Å². The highest BCUT2D eigenvalue weighted by atomic mass is 79.9. The highest BCUT2D eigenvalue weighted by Gasteiger charge is 2.43. The molecule has 0 atom stereocenters. The lowest BCUT2D eigenvalue weighted by molar-refractivity contribution is 0.591. The third-order valence-electron chi connectivity index (χ3n) is 4.46. The van der Waals surface area contributed by atoms with Crippen LogP contribution in [0.25, 0.3) is 11.1 Å². The molecular weight excluding hydrogens is 471 g/mol. The van der Waals surface area contributed by atoms with E-state index in [-0.39, 0.29) is 0 Å². The van der Waals surface area contributed by atoms with E-state index in [1.54, 1.807) is 0 Å². The van der Waals surface area contributed by atoms with Crippen molar-refractivity contribution in [3.05, 3.63) is 111 Å². The number of benzene rings is 3. The summed E-state index contributed by atoms with van der Waals surface area (Å²) in [4.78, 5) is 0. The van der Waals surface area contributed by atoms with Crippen molar-refractivity contribution in [1.29, 1.82) is 0 Å². The first-order valence-corrected chi connectivity index (χ1v) is 11.5. The summed E-state index contributed by atoms with van der Waals surface area (Å²) in [6, 6.07) is 29.9. The van der Waals surface area contributed by atoms with E-state index in [9.17, 15) is 4.57 Å². The van der Waals surface area contributed by atoms with Crippen LogP contribution in [0.5, 0.6) is 0 Å². The second kappa shape index (κ2) is 7.15. The van der Waals surface area contributed by atoms with E-state index in [4.69, 9.17) is 0 Å². The van der Waals surface area contributed by atoms with Crippen molar-refractivity contribution in [1.82, 2.24) is 0 Å². The molecule has 26 heavy (non-hydrogen) atoms. The summed E-state index contributed by atoms with van der Waals surface area (Å²) in [7, 11) is -2.96. The van der Waals surface area contributed by atoms with Gasteiger partial charge in [0.15, 0.2) is 7.14 Å². The minimum absolute atomic E-state index is 0.744. The van der Waals surface area contributed by atoms with Crippen LogP contribution in [0.4, 0.5) is 0 Å². The second-order valence-electron chi connectivity index (χ2n) is 6.01. The predicted molar refractivity (Wildman–Crippen MR) is 118 cm³/mol. The average Bonchev–Trinajstić information content (AvgIpc) is 2.92. The zero-order valence-corrected chi connectivity index (χ0v) is 17.8. The number of halogens is 2. The lowest BCUT2D eigenvalue weighted by Crippen LogP contribution is -2.02. The molecule has 128 valence electrons. The van der Waals surface area contributed by atoms with Gasteiger partial charge in [0.2, 0.25) is 0 Å². The Labute approximate surface area is 170 Å². The molecule has 0 aromatic heterocycles. The van der Waals surface area contributed by atoms with Gasteiger partial charge in [0, 0.05) is 16.5 Å². The molecule has 3 aromatic rings. The Kier molecular flexibility index (Phi) is 4.88. The van der Waals surface area contributed by atoms with Crippen molar-refractivity contribution in [2.24, 2.45) is 0 Å². The summed E-state index contributed by atoms with van der Waals surface area (Å²) in [5.41, 5.74) is 4.05. The van der Waals surface area contributed by atoms with E-state index in [1.807, 2.05) is 66.7 Å². The van der Waals surface area contributed by atoms with Crippen LogP contribution in [-0.2, 0) is 4.57 Å². The van der Waals surface area contributed by atoms with Gasteiger partial charge < -0.3 is 4.57 Å². The van der Waals surface area contributed by atoms with Crippen LogP contribution >= 0.6 is 39.0 Å². The molecule has 0 bridgehead atoms. The third kappa shape index (κ3) is 2.79. The first kappa shape index (κ1) is 17.7. The van der Waals surface area contributed by atoms with Crippen LogP contribution in [0.3, 0.4) is 0 Å². The van der Waals surface area contributed by atoms with Crippen molar-refractivity contribution < 1.29 is 4.57 Å². The lowest BCUT2D eigenvalue weighted by Gasteiger charge is -2.14. The number of hydrogen-bond donors (Lipinski definition) is 0. The maximum atomic E-state index is 14.2. The number of hydrogen-bond acceptors (Lipinski definition) is 1. The van der Waals surface area contributed by atoms with Gasteiger partial charge in [-0.25, -0.2) is 0 Å². The summed E-state index contributed by atoms with van der Waals surface area (Å²) in [5.74, 6) is 0. The molecule has 0 aliphatic carbocycles. The summed E-state index contributed by atoms with van der Waals surface area (Å²) >= 11 is 7.45. The van der Waals surface area contributed by atoms with Gasteiger partial charge in [0.25, 0.3) is 0 Å². The van der Waals surface area contributed by atoms with E-state index in [0.717, 1.165) is 36.0 Å². The molecule has 1 heterocycles. The molecule has 0 spiro atoms. The van der Waals surface area contributed by atoms with Gasteiger partial charge in [-0.05, 0) is 43.0 Å². The molecule has 0 saturated heterocycles.